The summed E-state index contributed by atoms with van der Waals surface area (Å²) in [5.41, 5.74) is 12.7. The fourth-order valence-electron chi connectivity index (χ4n) is 5.63. The number of aryl methyl sites for hydroxylation is 1. The molecule has 156 valence electrons. The Balaban J connectivity index is 0.00000231. The van der Waals surface area contributed by atoms with Gasteiger partial charge in [0.1, 0.15) is 0 Å². The standard InChI is InChI=1S/C30H28.H3N/c1-4-30(5-2)26-19-13-12-18-24(26)27-21(3)20-25(22-14-8-6-9-15-22)28(29(27)30)23-16-10-7-11-17-23;/h6-20H,4-5H2,1-3H3;1H3. The molecule has 0 fully saturated rings. The van der Waals surface area contributed by atoms with Crippen LogP contribution >= 0.6 is 0 Å². The highest BCUT2D eigenvalue weighted by Gasteiger charge is 2.43. The summed E-state index contributed by atoms with van der Waals surface area (Å²) in [6.07, 6.45) is 2.20. The van der Waals surface area contributed by atoms with Gasteiger partial charge in [0.2, 0.25) is 0 Å². The molecule has 0 amide bonds. The van der Waals surface area contributed by atoms with Crippen molar-refractivity contribution >= 4 is 0 Å². The van der Waals surface area contributed by atoms with E-state index < -0.39 is 0 Å². The Hall–Kier alpha value is -3.16. The van der Waals surface area contributed by atoms with Crippen LogP contribution in [0.5, 0.6) is 0 Å². The lowest BCUT2D eigenvalue weighted by Gasteiger charge is -2.33. The van der Waals surface area contributed by atoms with E-state index >= 15 is 0 Å². The van der Waals surface area contributed by atoms with Gasteiger partial charge in [-0.25, -0.2) is 0 Å². The molecule has 1 aliphatic rings. The third-order valence-corrected chi connectivity index (χ3v) is 7.07. The summed E-state index contributed by atoms with van der Waals surface area (Å²) in [6, 6.07) is 33.4. The first kappa shape index (κ1) is 21.1. The van der Waals surface area contributed by atoms with Crippen molar-refractivity contribution in [3.63, 3.8) is 0 Å². The number of rotatable bonds is 4. The normalized spacial score (nSPS) is 13.3. The van der Waals surface area contributed by atoms with Crippen LogP contribution in [0.4, 0.5) is 0 Å². The average Bonchev–Trinajstić information content (AvgIpc) is 3.11. The third-order valence-electron chi connectivity index (χ3n) is 7.07. The van der Waals surface area contributed by atoms with E-state index in [-0.39, 0.29) is 11.6 Å². The molecule has 4 aromatic carbocycles. The monoisotopic (exact) mass is 405 g/mol. The van der Waals surface area contributed by atoms with Crippen LogP contribution < -0.4 is 6.15 Å². The molecule has 4 aromatic rings. The minimum absolute atomic E-state index is 0. The molecule has 0 radical (unpaired) electrons. The second-order valence-electron chi connectivity index (χ2n) is 8.43. The van der Waals surface area contributed by atoms with E-state index in [4.69, 9.17) is 0 Å². The first-order valence-electron chi connectivity index (χ1n) is 11.1. The fourth-order valence-corrected chi connectivity index (χ4v) is 5.63. The van der Waals surface area contributed by atoms with Gasteiger partial charge < -0.3 is 6.15 Å². The van der Waals surface area contributed by atoms with Crippen molar-refractivity contribution in [2.75, 3.05) is 0 Å². The Labute approximate surface area is 186 Å². The Bertz CT molecular complexity index is 1200. The minimum atomic E-state index is 0. The van der Waals surface area contributed by atoms with E-state index in [0.717, 1.165) is 12.8 Å². The first-order chi connectivity index (χ1) is 14.7. The smallest absolute Gasteiger partial charge is 0.0216 e. The topological polar surface area (TPSA) is 35.0 Å². The third kappa shape index (κ3) is 3.04. The molecule has 1 nitrogen and oxygen atoms in total. The molecular formula is C30H31N. The Morgan fingerprint density at radius 2 is 1.16 bits per heavy atom. The van der Waals surface area contributed by atoms with Crippen LogP contribution in [0.3, 0.4) is 0 Å². The van der Waals surface area contributed by atoms with Crippen molar-refractivity contribution in [3.05, 3.63) is 108 Å². The fraction of sp³-hybridized carbons (Fsp3) is 0.200. The van der Waals surface area contributed by atoms with Crippen molar-refractivity contribution in [1.29, 1.82) is 0 Å². The van der Waals surface area contributed by atoms with E-state index in [0.29, 0.717) is 0 Å². The van der Waals surface area contributed by atoms with Gasteiger partial charge in [-0.2, -0.15) is 0 Å². The summed E-state index contributed by atoms with van der Waals surface area (Å²) < 4.78 is 0. The minimum Gasteiger partial charge on any atom is -0.344 e. The molecule has 0 atom stereocenters. The highest BCUT2D eigenvalue weighted by molar-refractivity contribution is 5.97. The van der Waals surface area contributed by atoms with Crippen LogP contribution in [-0.4, -0.2) is 0 Å². The molecule has 3 N–H and O–H groups in total. The van der Waals surface area contributed by atoms with Crippen LogP contribution in [-0.2, 0) is 5.41 Å². The van der Waals surface area contributed by atoms with Crippen molar-refractivity contribution in [2.45, 2.75) is 39.0 Å². The van der Waals surface area contributed by atoms with Crippen LogP contribution in [0.1, 0.15) is 43.4 Å². The van der Waals surface area contributed by atoms with Gasteiger partial charge in [-0.1, -0.05) is 105 Å². The lowest BCUT2D eigenvalue weighted by Crippen LogP contribution is -2.24. The van der Waals surface area contributed by atoms with Gasteiger partial charge >= 0.3 is 0 Å². The summed E-state index contributed by atoms with van der Waals surface area (Å²) in [7, 11) is 0. The summed E-state index contributed by atoms with van der Waals surface area (Å²) >= 11 is 0. The van der Waals surface area contributed by atoms with Gasteiger partial charge in [0.05, 0.1) is 0 Å². The quantitative estimate of drug-likeness (QED) is 0.362. The molecule has 0 saturated carbocycles. The summed E-state index contributed by atoms with van der Waals surface area (Å²) in [5.74, 6) is 0. The Morgan fingerprint density at radius 1 is 0.613 bits per heavy atom. The van der Waals surface area contributed by atoms with Gasteiger partial charge in [-0.15, -0.1) is 0 Å². The van der Waals surface area contributed by atoms with E-state index in [1.807, 2.05) is 0 Å². The van der Waals surface area contributed by atoms with Gasteiger partial charge in [0.25, 0.3) is 0 Å². The first-order valence-corrected chi connectivity index (χ1v) is 11.1. The van der Waals surface area contributed by atoms with Crippen LogP contribution in [0, 0.1) is 6.92 Å². The maximum absolute atomic E-state index is 2.41. The average molecular weight is 406 g/mol. The molecule has 0 saturated heterocycles. The highest BCUT2D eigenvalue weighted by Crippen LogP contribution is 2.58. The van der Waals surface area contributed by atoms with E-state index in [9.17, 15) is 0 Å². The Kier molecular flexibility index (Phi) is 5.56. The van der Waals surface area contributed by atoms with Crippen LogP contribution in [0.25, 0.3) is 33.4 Å². The van der Waals surface area contributed by atoms with Gasteiger partial charge in [0.15, 0.2) is 0 Å². The molecule has 0 aromatic heterocycles. The number of hydrogen-bond donors (Lipinski definition) is 1. The number of fused-ring (bicyclic) bond motifs is 3. The zero-order valence-corrected chi connectivity index (χ0v) is 18.8. The zero-order chi connectivity index (χ0) is 20.7. The lowest BCUT2D eigenvalue weighted by molar-refractivity contribution is 0.491. The van der Waals surface area contributed by atoms with Crippen LogP contribution in [0.2, 0.25) is 0 Å². The second kappa shape index (κ2) is 8.17. The number of hydrogen-bond acceptors (Lipinski definition) is 1. The molecule has 31 heavy (non-hydrogen) atoms. The van der Waals surface area contributed by atoms with E-state index in [1.54, 1.807) is 0 Å². The molecule has 1 heteroatoms. The molecule has 5 rings (SSSR count). The van der Waals surface area contributed by atoms with Crippen molar-refractivity contribution < 1.29 is 0 Å². The highest BCUT2D eigenvalue weighted by atomic mass is 14.5. The molecule has 0 spiro atoms. The summed E-state index contributed by atoms with van der Waals surface area (Å²) in [4.78, 5) is 0. The second-order valence-corrected chi connectivity index (χ2v) is 8.43. The lowest BCUT2D eigenvalue weighted by atomic mass is 9.70. The predicted molar refractivity (Wildman–Crippen MR) is 134 cm³/mol. The van der Waals surface area contributed by atoms with Crippen LogP contribution in [0.15, 0.2) is 91.0 Å². The zero-order valence-electron chi connectivity index (χ0n) is 18.8. The molecule has 1 aliphatic carbocycles. The van der Waals surface area contributed by atoms with Gasteiger partial charge in [-0.05, 0) is 69.8 Å². The largest absolute Gasteiger partial charge is 0.344 e. The predicted octanol–water partition coefficient (Wildman–Crippen LogP) is 8.58. The van der Waals surface area contributed by atoms with Crippen molar-refractivity contribution in [3.8, 4) is 33.4 Å². The Morgan fingerprint density at radius 3 is 1.77 bits per heavy atom. The number of benzene rings is 4. The summed E-state index contributed by atoms with van der Waals surface area (Å²) in [5, 5.41) is 0. The molecular weight excluding hydrogens is 374 g/mol. The molecule has 0 heterocycles. The van der Waals surface area contributed by atoms with Gasteiger partial charge in [0, 0.05) is 5.41 Å². The van der Waals surface area contributed by atoms with E-state index in [2.05, 4.69) is 112 Å². The molecule has 0 bridgehead atoms. The maximum Gasteiger partial charge on any atom is 0.0216 e. The molecule has 0 unspecified atom stereocenters. The van der Waals surface area contributed by atoms with Crippen molar-refractivity contribution in [2.24, 2.45) is 0 Å². The molecule has 0 aliphatic heterocycles. The summed E-state index contributed by atoms with van der Waals surface area (Å²) in [6.45, 7) is 7.00. The van der Waals surface area contributed by atoms with E-state index in [1.165, 1.54) is 50.1 Å². The van der Waals surface area contributed by atoms with Crippen molar-refractivity contribution in [1.82, 2.24) is 6.15 Å². The van der Waals surface area contributed by atoms with Gasteiger partial charge in [-0.3, -0.25) is 0 Å². The maximum atomic E-state index is 2.41. The SMILES string of the molecule is CCC1(CC)c2ccccc2-c2c(C)cc(-c3ccccc3)c(-c3ccccc3)c21.N.